The van der Waals surface area contributed by atoms with E-state index < -0.39 is 17.5 Å². The van der Waals surface area contributed by atoms with E-state index in [-0.39, 0.29) is 5.56 Å². The average molecular weight is 381 g/mol. The molecule has 1 aliphatic rings. The summed E-state index contributed by atoms with van der Waals surface area (Å²) in [4.78, 5) is 32.0. The molecule has 0 atom stereocenters. The quantitative estimate of drug-likeness (QED) is 0.558. The topological polar surface area (TPSA) is 65.6 Å². The third kappa shape index (κ3) is 3.31. The van der Waals surface area contributed by atoms with Crippen molar-refractivity contribution in [2.24, 2.45) is 0 Å². The number of piperazine rings is 1. The van der Waals surface area contributed by atoms with Gasteiger partial charge >= 0.3 is 0 Å². The number of nitrogens with one attached hydrogen (secondary N) is 1. The summed E-state index contributed by atoms with van der Waals surface area (Å²) in [6.45, 7) is 2.22. The van der Waals surface area contributed by atoms with E-state index >= 15 is 0 Å². The molecule has 0 aliphatic carbocycles. The molecular weight excluding hydrogens is 361 g/mol. The molecule has 2 aromatic carbocycles. The van der Waals surface area contributed by atoms with Crippen LogP contribution < -0.4 is 9.64 Å². The van der Waals surface area contributed by atoms with E-state index in [0.29, 0.717) is 37.1 Å². The Morgan fingerprint density at radius 3 is 2.43 bits per heavy atom. The van der Waals surface area contributed by atoms with Gasteiger partial charge in [-0.3, -0.25) is 9.59 Å². The van der Waals surface area contributed by atoms with Crippen LogP contribution in [0.15, 0.2) is 48.7 Å². The van der Waals surface area contributed by atoms with Crippen LogP contribution >= 0.6 is 0 Å². The molecule has 4 rings (SSSR count). The Morgan fingerprint density at radius 1 is 1.04 bits per heavy atom. The number of carbonyl (C=O) groups is 2. The van der Waals surface area contributed by atoms with Crippen LogP contribution in [0, 0.1) is 5.82 Å². The minimum Gasteiger partial charge on any atom is -0.497 e. The highest BCUT2D eigenvalue weighted by atomic mass is 19.1. The molecule has 144 valence electrons. The van der Waals surface area contributed by atoms with Gasteiger partial charge in [0.15, 0.2) is 0 Å². The summed E-state index contributed by atoms with van der Waals surface area (Å²) in [5.74, 6) is -0.702. The van der Waals surface area contributed by atoms with E-state index in [0.717, 1.165) is 11.4 Å². The lowest BCUT2D eigenvalue weighted by Gasteiger charge is -2.35. The number of ether oxygens (including phenoxy) is 1. The van der Waals surface area contributed by atoms with E-state index in [9.17, 15) is 14.0 Å². The zero-order valence-electron chi connectivity index (χ0n) is 15.4. The number of H-pyrrole nitrogens is 1. The van der Waals surface area contributed by atoms with E-state index in [2.05, 4.69) is 9.88 Å². The molecule has 2 heterocycles. The highest BCUT2D eigenvalue weighted by molar-refractivity contribution is 6.44. The molecule has 1 N–H and O–H groups in total. The molecule has 0 bridgehead atoms. The van der Waals surface area contributed by atoms with Gasteiger partial charge in [-0.25, -0.2) is 4.39 Å². The van der Waals surface area contributed by atoms with Gasteiger partial charge in [0, 0.05) is 49.0 Å². The van der Waals surface area contributed by atoms with Crippen molar-refractivity contribution in [3.63, 3.8) is 0 Å². The van der Waals surface area contributed by atoms with Crippen LogP contribution in [0.3, 0.4) is 0 Å². The number of Topliss-reactive ketones (excluding diaryl/α,β-unsaturated/α-hetero) is 1. The summed E-state index contributed by atoms with van der Waals surface area (Å²) in [6, 6.07) is 11.9. The van der Waals surface area contributed by atoms with Crippen molar-refractivity contribution < 1.29 is 18.7 Å². The molecule has 0 spiro atoms. The maximum atomic E-state index is 13.3. The van der Waals surface area contributed by atoms with Crippen molar-refractivity contribution in [1.82, 2.24) is 9.88 Å². The predicted molar refractivity (Wildman–Crippen MR) is 104 cm³/mol. The van der Waals surface area contributed by atoms with Crippen LogP contribution in [0.5, 0.6) is 5.75 Å². The van der Waals surface area contributed by atoms with Gasteiger partial charge in [0.1, 0.15) is 11.6 Å². The van der Waals surface area contributed by atoms with Crippen LogP contribution in [-0.4, -0.2) is 54.9 Å². The number of rotatable bonds is 4. The van der Waals surface area contributed by atoms with Crippen LogP contribution in [0.4, 0.5) is 10.1 Å². The predicted octanol–water partition coefficient (Wildman–Crippen LogP) is 2.85. The fraction of sp³-hybridized carbons (Fsp3) is 0.238. The van der Waals surface area contributed by atoms with Crippen molar-refractivity contribution >= 4 is 28.3 Å². The lowest BCUT2D eigenvalue weighted by atomic mass is 10.1. The Balaban J connectivity index is 1.43. The van der Waals surface area contributed by atoms with Crippen LogP contribution in [0.2, 0.25) is 0 Å². The number of methoxy groups -OCH3 is 1. The number of anilines is 1. The number of benzene rings is 2. The van der Waals surface area contributed by atoms with Crippen molar-refractivity contribution in [3.05, 3.63) is 60.0 Å². The molecule has 1 fully saturated rings. The highest BCUT2D eigenvalue weighted by Crippen LogP contribution is 2.22. The van der Waals surface area contributed by atoms with E-state index in [1.807, 2.05) is 24.3 Å². The van der Waals surface area contributed by atoms with Gasteiger partial charge in [0.25, 0.3) is 11.7 Å². The smallest absolute Gasteiger partial charge is 0.295 e. The fourth-order valence-corrected chi connectivity index (χ4v) is 3.51. The number of fused-ring (bicyclic) bond motifs is 1. The van der Waals surface area contributed by atoms with Crippen molar-refractivity contribution in [2.75, 3.05) is 38.2 Å². The molecular formula is C21H20FN3O3. The Hall–Kier alpha value is -3.35. The lowest BCUT2D eigenvalue weighted by molar-refractivity contribution is -0.126. The summed E-state index contributed by atoms with van der Waals surface area (Å²) in [6.07, 6.45) is 1.47. The second kappa shape index (κ2) is 7.34. The van der Waals surface area contributed by atoms with Gasteiger partial charge in [-0.15, -0.1) is 0 Å². The summed E-state index contributed by atoms with van der Waals surface area (Å²) < 4.78 is 18.5. The number of amides is 1. The molecule has 1 aromatic heterocycles. The minimum absolute atomic E-state index is 0.276. The molecule has 1 amide bonds. The second-order valence-electron chi connectivity index (χ2n) is 6.70. The van der Waals surface area contributed by atoms with Gasteiger partial charge < -0.3 is 19.5 Å². The number of aromatic amines is 1. The zero-order chi connectivity index (χ0) is 19.7. The van der Waals surface area contributed by atoms with E-state index in [4.69, 9.17) is 4.74 Å². The maximum absolute atomic E-state index is 13.3. The largest absolute Gasteiger partial charge is 0.497 e. The summed E-state index contributed by atoms with van der Waals surface area (Å²) >= 11 is 0. The number of ketones is 1. The Morgan fingerprint density at radius 2 is 1.75 bits per heavy atom. The molecule has 0 saturated carbocycles. The summed E-state index contributed by atoms with van der Waals surface area (Å²) in [5.41, 5.74) is 1.83. The molecule has 28 heavy (non-hydrogen) atoms. The first kappa shape index (κ1) is 18.0. The number of hydrogen-bond acceptors (Lipinski definition) is 4. The molecule has 1 saturated heterocycles. The molecule has 0 unspecified atom stereocenters. The average Bonchev–Trinajstić information content (AvgIpc) is 3.16. The molecule has 7 heteroatoms. The first-order chi connectivity index (χ1) is 13.6. The first-order valence-electron chi connectivity index (χ1n) is 9.06. The summed E-state index contributed by atoms with van der Waals surface area (Å²) in [7, 11) is 1.63. The number of hydrogen-bond donors (Lipinski definition) is 1. The van der Waals surface area contributed by atoms with E-state index in [1.54, 1.807) is 12.0 Å². The monoisotopic (exact) mass is 381 g/mol. The Labute approximate surface area is 161 Å². The van der Waals surface area contributed by atoms with Gasteiger partial charge in [0.05, 0.1) is 12.7 Å². The van der Waals surface area contributed by atoms with Crippen molar-refractivity contribution in [1.29, 1.82) is 0 Å². The molecule has 1 aliphatic heterocycles. The van der Waals surface area contributed by atoms with Crippen LogP contribution in [-0.2, 0) is 4.79 Å². The SMILES string of the molecule is COc1ccc(N2CCN(C(=O)C(=O)c3c[nH]c4cc(F)ccc34)CC2)cc1. The van der Waals surface area contributed by atoms with Crippen molar-refractivity contribution in [3.8, 4) is 5.75 Å². The van der Waals surface area contributed by atoms with Crippen LogP contribution in [0.1, 0.15) is 10.4 Å². The van der Waals surface area contributed by atoms with Gasteiger partial charge in [0.2, 0.25) is 0 Å². The normalized spacial score (nSPS) is 14.4. The number of carbonyl (C=O) groups excluding carboxylic acids is 2. The second-order valence-corrected chi connectivity index (χ2v) is 6.70. The maximum Gasteiger partial charge on any atom is 0.295 e. The molecule has 3 aromatic rings. The van der Waals surface area contributed by atoms with Crippen LogP contribution in [0.25, 0.3) is 10.9 Å². The number of aromatic nitrogens is 1. The first-order valence-corrected chi connectivity index (χ1v) is 9.06. The minimum atomic E-state index is -0.573. The molecule has 6 nitrogen and oxygen atoms in total. The van der Waals surface area contributed by atoms with Gasteiger partial charge in [-0.1, -0.05) is 0 Å². The third-order valence-corrected chi connectivity index (χ3v) is 5.09. The standard InChI is InChI=1S/C21H20FN3O3/c1-28-16-5-3-15(4-6-16)24-8-10-25(11-9-24)21(27)20(26)18-13-23-19-12-14(22)2-7-17(18)19/h2-7,12-13,23H,8-11H2,1H3. The van der Waals surface area contributed by atoms with Gasteiger partial charge in [-0.2, -0.15) is 0 Å². The number of halogens is 1. The van der Waals surface area contributed by atoms with E-state index in [1.165, 1.54) is 24.4 Å². The number of nitrogens with zero attached hydrogens (tertiary/aromatic N) is 2. The lowest BCUT2D eigenvalue weighted by Crippen LogP contribution is -2.50. The Bertz CT molecular complexity index is 1020. The highest BCUT2D eigenvalue weighted by Gasteiger charge is 2.28. The van der Waals surface area contributed by atoms with Gasteiger partial charge in [-0.05, 0) is 42.5 Å². The zero-order valence-corrected chi connectivity index (χ0v) is 15.4. The Kier molecular flexibility index (Phi) is 4.73. The summed E-state index contributed by atoms with van der Waals surface area (Å²) in [5, 5.41) is 0.552. The van der Waals surface area contributed by atoms with Crippen molar-refractivity contribution in [2.45, 2.75) is 0 Å². The fourth-order valence-electron chi connectivity index (χ4n) is 3.51. The third-order valence-electron chi connectivity index (χ3n) is 5.09. The molecule has 0 radical (unpaired) electrons.